The predicted molar refractivity (Wildman–Crippen MR) is 108 cm³/mol. The molecule has 0 spiro atoms. The van der Waals surface area contributed by atoms with Crippen molar-refractivity contribution in [2.75, 3.05) is 0 Å². The maximum atomic E-state index is 12.9. The molecule has 7 heteroatoms. The van der Waals surface area contributed by atoms with Gasteiger partial charge in [0.15, 0.2) is 5.65 Å². The summed E-state index contributed by atoms with van der Waals surface area (Å²) in [5.74, 6) is -0.412. The number of carbonyl (C=O) groups is 1. The number of pyridine rings is 2. The van der Waals surface area contributed by atoms with Crippen LogP contribution in [-0.2, 0) is 12.7 Å². The highest BCUT2D eigenvalue weighted by Crippen LogP contribution is 2.29. The van der Waals surface area contributed by atoms with Crippen LogP contribution >= 0.6 is 0 Å². The molecule has 2 aromatic heterocycles. The van der Waals surface area contributed by atoms with Crippen molar-refractivity contribution in [3.63, 3.8) is 0 Å². The topological polar surface area (TPSA) is 54.9 Å². The number of fused-ring (bicyclic) bond motifs is 1. The lowest BCUT2D eigenvalue weighted by Gasteiger charge is -2.11. The zero-order valence-corrected chi connectivity index (χ0v) is 15.6. The Labute approximate surface area is 170 Å². The lowest BCUT2D eigenvalue weighted by atomic mass is 10.0. The number of nitrogens with one attached hydrogen (secondary N) is 1. The molecule has 0 bridgehead atoms. The van der Waals surface area contributed by atoms with Crippen LogP contribution in [0.2, 0.25) is 0 Å². The standard InChI is InChI=1S/C23H16F3N3O/c24-23(25,26)17-9-4-6-15(12-17)14-28-22(30)19-13-20(16-7-2-1-3-8-16)29-21-18(19)10-5-11-27-21/h1-13H,14H2,(H,28,30). The Morgan fingerprint density at radius 2 is 1.73 bits per heavy atom. The molecule has 4 nitrogen and oxygen atoms in total. The molecule has 0 unspecified atom stereocenters. The molecule has 2 aromatic carbocycles. The van der Waals surface area contributed by atoms with Gasteiger partial charge in [-0.3, -0.25) is 4.79 Å². The maximum absolute atomic E-state index is 12.9. The predicted octanol–water partition coefficient (Wildman–Crippen LogP) is 5.25. The molecule has 0 fully saturated rings. The van der Waals surface area contributed by atoms with Gasteiger partial charge in [0.05, 0.1) is 16.8 Å². The normalized spacial score (nSPS) is 11.4. The van der Waals surface area contributed by atoms with Crippen LogP contribution < -0.4 is 5.32 Å². The third-order valence-electron chi connectivity index (χ3n) is 4.61. The first kappa shape index (κ1) is 19.6. The largest absolute Gasteiger partial charge is 0.416 e. The molecule has 0 aliphatic rings. The third kappa shape index (κ3) is 4.15. The number of aromatic nitrogens is 2. The number of hydrogen-bond donors (Lipinski definition) is 1. The Morgan fingerprint density at radius 1 is 0.933 bits per heavy atom. The van der Waals surface area contributed by atoms with Crippen LogP contribution in [0.15, 0.2) is 79.0 Å². The van der Waals surface area contributed by atoms with E-state index in [-0.39, 0.29) is 6.54 Å². The van der Waals surface area contributed by atoms with Gasteiger partial charge < -0.3 is 5.32 Å². The Bertz CT molecular complexity index is 1210. The monoisotopic (exact) mass is 407 g/mol. The van der Waals surface area contributed by atoms with Gasteiger partial charge in [0.2, 0.25) is 0 Å². The van der Waals surface area contributed by atoms with E-state index in [0.717, 1.165) is 17.7 Å². The average Bonchev–Trinajstić information content (AvgIpc) is 2.77. The van der Waals surface area contributed by atoms with E-state index in [9.17, 15) is 18.0 Å². The molecule has 0 atom stereocenters. The molecule has 4 aromatic rings. The number of halogens is 3. The highest BCUT2D eigenvalue weighted by Gasteiger charge is 2.30. The summed E-state index contributed by atoms with van der Waals surface area (Å²) in [6.07, 6.45) is -2.84. The van der Waals surface area contributed by atoms with E-state index < -0.39 is 17.6 Å². The van der Waals surface area contributed by atoms with Gasteiger partial charge in [-0.2, -0.15) is 13.2 Å². The fourth-order valence-corrected chi connectivity index (χ4v) is 3.14. The number of hydrogen-bond acceptors (Lipinski definition) is 3. The Morgan fingerprint density at radius 3 is 2.50 bits per heavy atom. The van der Waals surface area contributed by atoms with E-state index in [0.29, 0.717) is 27.9 Å². The lowest BCUT2D eigenvalue weighted by molar-refractivity contribution is -0.137. The van der Waals surface area contributed by atoms with Crippen molar-refractivity contribution in [2.24, 2.45) is 0 Å². The minimum atomic E-state index is -4.43. The summed E-state index contributed by atoms with van der Waals surface area (Å²) in [6, 6.07) is 19.4. The van der Waals surface area contributed by atoms with E-state index in [1.807, 2.05) is 30.3 Å². The second-order valence-electron chi connectivity index (χ2n) is 6.68. The Kier molecular flexibility index (Phi) is 5.18. The molecular formula is C23H16F3N3O. The summed E-state index contributed by atoms with van der Waals surface area (Å²) in [4.78, 5) is 21.7. The number of carbonyl (C=O) groups excluding carboxylic acids is 1. The fraction of sp³-hybridized carbons (Fsp3) is 0.0870. The second kappa shape index (κ2) is 7.94. The van der Waals surface area contributed by atoms with Gasteiger partial charge in [-0.15, -0.1) is 0 Å². The summed E-state index contributed by atoms with van der Waals surface area (Å²) in [5.41, 5.74) is 1.81. The zero-order valence-electron chi connectivity index (χ0n) is 15.6. The first-order valence-corrected chi connectivity index (χ1v) is 9.17. The summed E-state index contributed by atoms with van der Waals surface area (Å²) >= 11 is 0. The van der Waals surface area contributed by atoms with Crippen LogP contribution in [0, 0.1) is 0 Å². The number of benzene rings is 2. The molecule has 1 N–H and O–H groups in total. The molecule has 0 radical (unpaired) electrons. The number of alkyl halides is 3. The minimum Gasteiger partial charge on any atom is -0.348 e. The molecule has 30 heavy (non-hydrogen) atoms. The lowest BCUT2D eigenvalue weighted by Crippen LogP contribution is -2.23. The molecule has 0 aliphatic carbocycles. The summed E-state index contributed by atoms with van der Waals surface area (Å²) < 4.78 is 38.7. The SMILES string of the molecule is O=C(NCc1cccc(C(F)(F)F)c1)c1cc(-c2ccccc2)nc2ncccc12. The van der Waals surface area contributed by atoms with E-state index in [1.165, 1.54) is 12.1 Å². The van der Waals surface area contributed by atoms with Crippen molar-refractivity contribution in [3.8, 4) is 11.3 Å². The van der Waals surface area contributed by atoms with E-state index in [1.54, 1.807) is 24.4 Å². The summed E-state index contributed by atoms with van der Waals surface area (Å²) in [7, 11) is 0. The van der Waals surface area contributed by atoms with E-state index >= 15 is 0 Å². The number of rotatable bonds is 4. The zero-order chi connectivity index (χ0) is 21.1. The third-order valence-corrected chi connectivity index (χ3v) is 4.61. The van der Waals surface area contributed by atoms with Crippen LogP contribution in [0.25, 0.3) is 22.3 Å². The van der Waals surface area contributed by atoms with Gasteiger partial charge in [0.25, 0.3) is 5.91 Å². The molecule has 150 valence electrons. The molecule has 0 saturated carbocycles. The van der Waals surface area contributed by atoms with Gasteiger partial charge in [0.1, 0.15) is 0 Å². The quantitative estimate of drug-likeness (QED) is 0.503. The molecule has 0 saturated heterocycles. The second-order valence-corrected chi connectivity index (χ2v) is 6.68. The smallest absolute Gasteiger partial charge is 0.348 e. The van der Waals surface area contributed by atoms with Crippen LogP contribution in [0.4, 0.5) is 13.2 Å². The number of nitrogens with zero attached hydrogens (tertiary/aromatic N) is 2. The summed E-state index contributed by atoms with van der Waals surface area (Å²) in [6.45, 7) is -0.0342. The maximum Gasteiger partial charge on any atom is 0.416 e. The molecule has 4 rings (SSSR count). The van der Waals surface area contributed by atoms with Gasteiger partial charge in [-0.25, -0.2) is 9.97 Å². The van der Waals surface area contributed by atoms with Gasteiger partial charge in [-0.1, -0.05) is 42.5 Å². The van der Waals surface area contributed by atoms with E-state index in [2.05, 4.69) is 15.3 Å². The number of amides is 1. The van der Waals surface area contributed by atoms with Gasteiger partial charge in [0, 0.05) is 23.7 Å². The first-order chi connectivity index (χ1) is 14.4. The first-order valence-electron chi connectivity index (χ1n) is 9.17. The van der Waals surface area contributed by atoms with Crippen molar-refractivity contribution in [1.29, 1.82) is 0 Å². The average molecular weight is 407 g/mol. The molecule has 1 amide bonds. The van der Waals surface area contributed by atoms with Gasteiger partial charge >= 0.3 is 6.18 Å². The van der Waals surface area contributed by atoms with Crippen molar-refractivity contribution < 1.29 is 18.0 Å². The van der Waals surface area contributed by atoms with E-state index in [4.69, 9.17) is 0 Å². The highest BCUT2D eigenvalue weighted by molar-refractivity contribution is 6.06. The van der Waals surface area contributed by atoms with Crippen LogP contribution in [0.1, 0.15) is 21.5 Å². The molecular weight excluding hydrogens is 391 g/mol. The van der Waals surface area contributed by atoms with Crippen LogP contribution in [0.3, 0.4) is 0 Å². The highest BCUT2D eigenvalue weighted by atomic mass is 19.4. The Balaban J connectivity index is 1.65. The van der Waals surface area contributed by atoms with Gasteiger partial charge in [-0.05, 0) is 35.9 Å². The van der Waals surface area contributed by atoms with Crippen molar-refractivity contribution in [1.82, 2.24) is 15.3 Å². The van der Waals surface area contributed by atoms with Crippen molar-refractivity contribution in [3.05, 3.63) is 95.7 Å². The van der Waals surface area contributed by atoms with Crippen molar-refractivity contribution >= 4 is 16.9 Å². The Hall–Kier alpha value is -3.74. The molecule has 0 aliphatic heterocycles. The van der Waals surface area contributed by atoms with Crippen LogP contribution in [0.5, 0.6) is 0 Å². The summed E-state index contributed by atoms with van der Waals surface area (Å²) in [5, 5.41) is 3.27. The molecule has 2 heterocycles. The minimum absolute atomic E-state index is 0.0342. The van der Waals surface area contributed by atoms with Crippen LogP contribution in [-0.4, -0.2) is 15.9 Å². The van der Waals surface area contributed by atoms with Crippen molar-refractivity contribution in [2.45, 2.75) is 12.7 Å². The fourth-order valence-electron chi connectivity index (χ4n) is 3.14.